The van der Waals surface area contributed by atoms with Crippen LogP contribution in [0, 0.1) is 13.8 Å². The van der Waals surface area contributed by atoms with Crippen molar-refractivity contribution in [1.29, 1.82) is 0 Å². The van der Waals surface area contributed by atoms with Gasteiger partial charge in [-0.15, -0.1) is 0 Å². The Hall–Kier alpha value is -2.87. The fourth-order valence-corrected chi connectivity index (χ4v) is 4.17. The van der Waals surface area contributed by atoms with Gasteiger partial charge in [-0.2, -0.15) is 5.10 Å². The zero-order chi connectivity index (χ0) is 20.4. The third-order valence-corrected chi connectivity index (χ3v) is 5.83. The molecular formula is C21H28N6O2. The van der Waals surface area contributed by atoms with Crippen LogP contribution in [0.2, 0.25) is 0 Å². The standard InChI is InChI=1S/C21H28N6O2/c1-14-19(15(2)27(25-14)11-12-29-3)24-21(28)26-9-6-16(7-10-26)18-13-23-20-17(18)5-4-8-22-20/h4-5,8,13,16H,6-7,9-12H2,1-3H3,(H,22,23)(H,24,28). The smallest absolute Gasteiger partial charge is 0.321 e. The number of fused-ring (bicyclic) bond motifs is 1. The summed E-state index contributed by atoms with van der Waals surface area (Å²) in [6.45, 7) is 6.63. The number of ether oxygens (including phenoxy) is 1. The average Bonchev–Trinajstić information content (AvgIpc) is 3.28. The Kier molecular flexibility index (Phi) is 5.53. The molecule has 0 unspecified atom stereocenters. The van der Waals surface area contributed by atoms with E-state index in [0.29, 0.717) is 19.1 Å². The minimum absolute atomic E-state index is 0.0541. The number of pyridine rings is 1. The van der Waals surface area contributed by atoms with E-state index < -0.39 is 0 Å². The Morgan fingerprint density at radius 3 is 2.90 bits per heavy atom. The van der Waals surface area contributed by atoms with Crippen LogP contribution in [-0.4, -0.2) is 57.5 Å². The number of nitrogens with zero attached hydrogens (tertiary/aromatic N) is 4. The van der Waals surface area contributed by atoms with E-state index in [1.54, 1.807) is 13.3 Å². The number of amides is 2. The number of rotatable bonds is 5. The number of urea groups is 1. The maximum absolute atomic E-state index is 12.8. The lowest BCUT2D eigenvalue weighted by Gasteiger charge is -2.32. The number of hydrogen-bond acceptors (Lipinski definition) is 4. The summed E-state index contributed by atoms with van der Waals surface area (Å²) in [5.41, 5.74) is 4.82. The number of aromatic nitrogens is 4. The summed E-state index contributed by atoms with van der Waals surface area (Å²) in [7, 11) is 1.67. The van der Waals surface area contributed by atoms with Crippen molar-refractivity contribution in [2.24, 2.45) is 0 Å². The molecule has 8 nitrogen and oxygen atoms in total. The van der Waals surface area contributed by atoms with Crippen LogP contribution in [0.5, 0.6) is 0 Å². The van der Waals surface area contributed by atoms with Crippen molar-refractivity contribution in [3.8, 4) is 0 Å². The Labute approximate surface area is 170 Å². The number of hydrogen-bond donors (Lipinski definition) is 2. The molecule has 0 spiro atoms. The predicted octanol–water partition coefficient (Wildman–Crippen LogP) is 3.43. The van der Waals surface area contributed by atoms with Crippen LogP contribution in [0.25, 0.3) is 11.0 Å². The van der Waals surface area contributed by atoms with Gasteiger partial charge >= 0.3 is 6.03 Å². The Morgan fingerprint density at radius 2 is 2.14 bits per heavy atom. The zero-order valence-corrected chi connectivity index (χ0v) is 17.2. The summed E-state index contributed by atoms with van der Waals surface area (Å²) in [5, 5.41) is 8.77. The largest absolute Gasteiger partial charge is 0.383 e. The Balaban J connectivity index is 1.39. The first-order valence-electron chi connectivity index (χ1n) is 10.1. The van der Waals surface area contributed by atoms with E-state index in [0.717, 1.165) is 48.7 Å². The van der Waals surface area contributed by atoms with Crippen LogP contribution < -0.4 is 5.32 Å². The first-order chi connectivity index (χ1) is 14.1. The second-order valence-corrected chi connectivity index (χ2v) is 7.60. The quantitative estimate of drug-likeness (QED) is 0.692. The fourth-order valence-electron chi connectivity index (χ4n) is 4.17. The second-order valence-electron chi connectivity index (χ2n) is 7.60. The minimum atomic E-state index is -0.0541. The topological polar surface area (TPSA) is 88.1 Å². The molecule has 3 aromatic heterocycles. The average molecular weight is 396 g/mol. The maximum Gasteiger partial charge on any atom is 0.321 e. The molecule has 3 aromatic rings. The Morgan fingerprint density at radius 1 is 1.34 bits per heavy atom. The highest BCUT2D eigenvalue weighted by Gasteiger charge is 2.26. The van der Waals surface area contributed by atoms with Crippen molar-refractivity contribution in [3.05, 3.63) is 41.5 Å². The molecule has 4 rings (SSSR count). The molecule has 29 heavy (non-hydrogen) atoms. The molecule has 0 aromatic carbocycles. The molecule has 0 radical (unpaired) electrons. The molecule has 1 aliphatic rings. The van der Waals surface area contributed by atoms with Crippen LogP contribution in [0.1, 0.15) is 35.7 Å². The van der Waals surface area contributed by atoms with Crippen LogP contribution in [-0.2, 0) is 11.3 Å². The van der Waals surface area contributed by atoms with E-state index in [1.807, 2.05) is 29.5 Å². The Bertz CT molecular complexity index is 1000. The van der Waals surface area contributed by atoms with Gasteiger partial charge in [0.2, 0.25) is 0 Å². The summed E-state index contributed by atoms with van der Waals surface area (Å²) in [6, 6.07) is 4.03. The van der Waals surface area contributed by atoms with Crippen molar-refractivity contribution in [3.63, 3.8) is 0 Å². The van der Waals surface area contributed by atoms with Crippen molar-refractivity contribution >= 4 is 22.8 Å². The van der Waals surface area contributed by atoms with Crippen LogP contribution in [0.15, 0.2) is 24.5 Å². The van der Waals surface area contributed by atoms with E-state index >= 15 is 0 Å². The van der Waals surface area contributed by atoms with Crippen LogP contribution in [0.4, 0.5) is 10.5 Å². The molecule has 0 atom stereocenters. The summed E-state index contributed by atoms with van der Waals surface area (Å²) < 4.78 is 7.01. The summed E-state index contributed by atoms with van der Waals surface area (Å²) >= 11 is 0. The lowest BCUT2D eigenvalue weighted by Crippen LogP contribution is -2.40. The van der Waals surface area contributed by atoms with Gasteiger partial charge in [-0.3, -0.25) is 4.68 Å². The minimum Gasteiger partial charge on any atom is -0.383 e. The number of aryl methyl sites for hydroxylation is 1. The molecule has 0 saturated carbocycles. The molecule has 1 fully saturated rings. The van der Waals surface area contributed by atoms with Crippen molar-refractivity contribution in [2.45, 2.75) is 39.2 Å². The first-order valence-corrected chi connectivity index (χ1v) is 10.1. The van der Waals surface area contributed by atoms with Crippen LogP contribution in [0.3, 0.4) is 0 Å². The van der Waals surface area contributed by atoms with Gasteiger partial charge < -0.3 is 19.9 Å². The van der Waals surface area contributed by atoms with Gasteiger partial charge in [0.25, 0.3) is 0 Å². The highest BCUT2D eigenvalue weighted by Crippen LogP contribution is 2.32. The van der Waals surface area contributed by atoms with Gasteiger partial charge in [0.1, 0.15) is 5.65 Å². The lowest BCUT2D eigenvalue weighted by molar-refractivity contribution is 0.182. The normalized spacial score (nSPS) is 15.2. The predicted molar refractivity (Wildman–Crippen MR) is 112 cm³/mol. The molecule has 0 aliphatic carbocycles. The summed E-state index contributed by atoms with van der Waals surface area (Å²) in [5.74, 6) is 0.442. The fraction of sp³-hybridized carbons (Fsp3) is 0.476. The molecule has 1 aliphatic heterocycles. The van der Waals surface area contributed by atoms with E-state index in [4.69, 9.17) is 4.74 Å². The van der Waals surface area contributed by atoms with E-state index in [1.165, 1.54) is 10.9 Å². The van der Waals surface area contributed by atoms with Gasteiger partial charge in [-0.1, -0.05) is 0 Å². The van der Waals surface area contributed by atoms with Gasteiger partial charge in [0, 0.05) is 38.0 Å². The molecule has 0 bridgehead atoms. The molecule has 8 heteroatoms. The van der Waals surface area contributed by atoms with E-state index in [9.17, 15) is 4.79 Å². The maximum atomic E-state index is 12.8. The van der Waals surface area contributed by atoms with Gasteiger partial charge in [-0.25, -0.2) is 9.78 Å². The highest BCUT2D eigenvalue weighted by molar-refractivity contribution is 5.90. The number of nitrogens with one attached hydrogen (secondary N) is 2. The molecule has 4 heterocycles. The first kappa shape index (κ1) is 19.4. The summed E-state index contributed by atoms with van der Waals surface area (Å²) in [6.07, 6.45) is 5.76. The molecule has 2 N–H and O–H groups in total. The lowest BCUT2D eigenvalue weighted by atomic mass is 9.89. The van der Waals surface area contributed by atoms with Crippen molar-refractivity contribution in [1.82, 2.24) is 24.6 Å². The number of methoxy groups -OCH3 is 1. The number of likely N-dealkylation sites (tertiary alicyclic amines) is 1. The van der Waals surface area contributed by atoms with Gasteiger partial charge in [0.15, 0.2) is 0 Å². The molecule has 154 valence electrons. The molecular weight excluding hydrogens is 368 g/mol. The number of anilines is 1. The number of carbonyl (C=O) groups excluding carboxylic acids is 1. The number of H-pyrrole nitrogens is 1. The van der Waals surface area contributed by atoms with E-state index in [-0.39, 0.29) is 6.03 Å². The highest BCUT2D eigenvalue weighted by atomic mass is 16.5. The summed E-state index contributed by atoms with van der Waals surface area (Å²) in [4.78, 5) is 22.4. The van der Waals surface area contributed by atoms with Gasteiger partial charge in [0.05, 0.1) is 30.2 Å². The van der Waals surface area contributed by atoms with Crippen molar-refractivity contribution < 1.29 is 9.53 Å². The third-order valence-electron chi connectivity index (χ3n) is 5.83. The number of piperidine rings is 1. The third kappa shape index (κ3) is 3.85. The van der Waals surface area contributed by atoms with E-state index in [2.05, 4.69) is 32.6 Å². The number of aromatic amines is 1. The monoisotopic (exact) mass is 396 g/mol. The SMILES string of the molecule is COCCn1nc(C)c(NC(=O)N2CCC(c3c[nH]c4ncccc34)CC2)c1C. The zero-order valence-electron chi connectivity index (χ0n) is 17.2. The molecule has 1 saturated heterocycles. The van der Waals surface area contributed by atoms with Crippen LogP contribution >= 0.6 is 0 Å². The number of carbonyl (C=O) groups is 1. The van der Waals surface area contributed by atoms with Crippen molar-refractivity contribution in [2.75, 3.05) is 32.1 Å². The second kappa shape index (κ2) is 8.24. The van der Waals surface area contributed by atoms with Gasteiger partial charge in [-0.05, 0) is 50.3 Å². The molecule has 2 amide bonds.